The Bertz CT molecular complexity index is 1140. The highest BCUT2D eigenvalue weighted by atomic mass is 32.2. The van der Waals surface area contributed by atoms with Crippen molar-refractivity contribution >= 4 is 43.3 Å². The van der Waals surface area contributed by atoms with E-state index in [4.69, 9.17) is 4.74 Å². The van der Waals surface area contributed by atoms with Gasteiger partial charge in [-0.05, 0) is 39.7 Å². The Balaban J connectivity index is 1.85. The van der Waals surface area contributed by atoms with Gasteiger partial charge in [0.1, 0.15) is 16.2 Å². The molecule has 2 N–H and O–H groups in total. The van der Waals surface area contributed by atoms with Crippen LogP contribution in [0.1, 0.15) is 44.6 Å². The van der Waals surface area contributed by atoms with Crippen LogP contribution >= 0.6 is 11.3 Å². The minimum Gasteiger partial charge on any atom is -0.444 e. The number of hydrogen-bond donors (Lipinski definition) is 2. The van der Waals surface area contributed by atoms with Gasteiger partial charge in [0.25, 0.3) is 0 Å². The zero-order chi connectivity index (χ0) is 24.8. The van der Waals surface area contributed by atoms with Crippen LogP contribution in [-0.4, -0.2) is 71.6 Å². The number of anilines is 1. The van der Waals surface area contributed by atoms with Crippen LogP contribution in [0.2, 0.25) is 0 Å². The lowest BCUT2D eigenvalue weighted by molar-refractivity contribution is -0.205. The van der Waals surface area contributed by atoms with Gasteiger partial charge in [-0.25, -0.2) is 23.2 Å². The predicted octanol–water partition coefficient (Wildman–Crippen LogP) is 3.50. The second kappa shape index (κ2) is 8.87. The van der Waals surface area contributed by atoms with Gasteiger partial charge in [-0.2, -0.15) is 13.2 Å². The summed E-state index contributed by atoms with van der Waals surface area (Å²) in [6, 6.07) is 0.896. The number of carbonyl (C=O) groups is 1. The third-order valence-electron chi connectivity index (χ3n) is 4.79. The van der Waals surface area contributed by atoms with Crippen molar-refractivity contribution in [2.45, 2.75) is 62.7 Å². The number of rotatable bonds is 4. The summed E-state index contributed by atoms with van der Waals surface area (Å²) < 4.78 is 68.3. The molecule has 1 fully saturated rings. The number of aromatic nitrogens is 2. The maximum atomic E-state index is 13.0. The molecule has 0 spiro atoms. The molecule has 0 bridgehead atoms. The van der Waals surface area contributed by atoms with Crippen molar-refractivity contribution in [1.29, 1.82) is 0 Å². The van der Waals surface area contributed by atoms with Crippen LogP contribution in [0.5, 0.6) is 0 Å². The quantitative estimate of drug-likeness (QED) is 0.600. The molecule has 1 aliphatic rings. The van der Waals surface area contributed by atoms with Crippen LogP contribution in [0, 0.1) is 0 Å². The number of sulfone groups is 1. The normalized spacial score (nSPS) is 17.3. The highest BCUT2D eigenvalue weighted by Crippen LogP contribution is 2.40. The lowest BCUT2D eigenvalue weighted by Gasteiger charge is -2.34. The van der Waals surface area contributed by atoms with Crippen LogP contribution < -0.4 is 5.32 Å². The van der Waals surface area contributed by atoms with E-state index in [-0.39, 0.29) is 22.1 Å². The molecule has 0 aliphatic carbocycles. The van der Waals surface area contributed by atoms with E-state index in [0.717, 1.165) is 12.3 Å². The minimum absolute atomic E-state index is 0.0115. The van der Waals surface area contributed by atoms with Gasteiger partial charge in [0.2, 0.25) is 15.0 Å². The highest BCUT2D eigenvalue weighted by molar-refractivity contribution is 7.90. The second-order valence-electron chi connectivity index (χ2n) is 8.82. The number of piperidine rings is 1. The Kier molecular flexibility index (Phi) is 6.84. The molecule has 3 rings (SSSR count). The summed E-state index contributed by atoms with van der Waals surface area (Å²) in [4.78, 5) is 21.3. The number of halogens is 3. The third-order valence-corrected chi connectivity index (χ3v) is 6.72. The molecular formula is C19H25F3N4O5S2. The van der Waals surface area contributed by atoms with E-state index >= 15 is 0 Å². The van der Waals surface area contributed by atoms with E-state index < -0.39 is 43.8 Å². The fourth-order valence-electron chi connectivity index (χ4n) is 3.22. The van der Waals surface area contributed by atoms with Gasteiger partial charge in [0.15, 0.2) is 6.10 Å². The van der Waals surface area contributed by atoms with E-state index in [1.807, 2.05) is 0 Å². The first kappa shape index (κ1) is 25.4. The first-order chi connectivity index (χ1) is 15.0. The van der Waals surface area contributed by atoms with E-state index in [1.54, 1.807) is 25.7 Å². The maximum absolute atomic E-state index is 13.0. The number of nitrogens with zero attached hydrogens (tertiary/aromatic N) is 3. The summed E-state index contributed by atoms with van der Waals surface area (Å²) in [5.41, 5.74) is -0.627. The first-order valence-electron chi connectivity index (χ1n) is 10.1. The molecule has 0 radical (unpaired) electrons. The lowest BCUT2D eigenvalue weighted by Crippen LogP contribution is -2.44. The smallest absolute Gasteiger partial charge is 0.419 e. The van der Waals surface area contributed by atoms with Crippen molar-refractivity contribution in [2.24, 2.45) is 0 Å². The first-order valence-corrected chi connectivity index (χ1v) is 12.8. The molecule has 0 aromatic carbocycles. The lowest BCUT2D eigenvalue weighted by atomic mass is 10.1. The third kappa shape index (κ3) is 6.23. The molecule has 1 unspecified atom stereocenters. The van der Waals surface area contributed by atoms with E-state index in [2.05, 4.69) is 15.3 Å². The minimum atomic E-state index is -4.88. The average molecular weight is 511 g/mol. The van der Waals surface area contributed by atoms with Gasteiger partial charge >= 0.3 is 12.3 Å². The van der Waals surface area contributed by atoms with Crippen LogP contribution in [0.25, 0.3) is 10.2 Å². The average Bonchev–Trinajstić information content (AvgIpc) is 3.09. The number of nitrogens with one attached hydrogen (secondary N) is 1. The standard InChI is InChI=1S/C19H25F3N4O5S2/c1-18(2,3)31-17(28)26-7-5-10(6-8-26)23-14-11-9-12(13(27)19(20,21)22)32-15(11)25-16(24-14)33(4,29)30/h9-10,13,27H,5-8H2,1-4H3,(H,23,24,25). The molecule has 9 nitrogen and oxygen atoms in total. The van der Waals surface area contributed by atoms with E-state index in [0.29, 0.717) is 37.3 Å². The van der Waals surface area contributed by atoms with Crippen LogP contribution in [0.3, 0.4) is 0 Å². The molecule has 1 saturated heterocycles. The number of aliphatic hydroxyl groups is 1. The van der Waals surface area contributed by atoms with Gasteiger partial charge in [-0.1, -0.05) is 0 Å². The number of ether oxygens (including phenoxy) is 1. The number of alkyl halides is 3. The van der Waals surface area contributed by atoms with Crippen LogP contribution in [-0.2, 0) is 14.6 Å². The van der Waals surface area contributed by atoms with Crippen LogP contribution in [0.15, 0.2) is 11.2 Å². The predicted molar refractivity (Wildman–Crippen MR) is 116 cm³/mol. The molecule has 1 aliphatic heterocycles. The fraction of sp³-hybridized carbons (Fsp3) is 0.632. The largest absolute Gasteiger partial charge is 0.444 e. The van der Waals surface area contributed by atoms with Crippen molar-refractivity contribution in [3.63, 3.8) is 0 Å². The molecule has 3 heterocycles. The highest BCUT2D eigenvalue weighted by Gasteiger charge is 2.41. The number of amides is 1. The van der Waals surface area contributed by atoms with E-state index in [1.165, 1.54) is 0 Å². The Morgan fingerprint density at radius 1 is 1.27 bits per heavy atom. The number of fused-ring (bicyclic) bond motifs is 1. The number of likely N-dealkylation sites (tertiary alicyclic amines) is 1. The number of hydrogen-bond acceptors (Lipinski definition) is 9. The number of thiophene rings is 1. The topological polar surface area (TPSA) is 122 Å². The van der Waals surface area contributed by atoms with Crippen molar-refractivity contribution in [2.75, 3.05) is 24.7 Å². The zero-order valence-electron chi connectivity index (χ0n) is 18.4. The summed E-state index contributed by atoms with van der Waals surface area (Å²) in [7, 11) is -3.84. The molecule has 2 aromatic heterocycles. The summed E-state index contributed by atoms with van der Waals surface area (Å²) in [6.45, 7) is 6.06. The molecule has 1 atom stereocenters. The monoisotopic (exact) mass is 510 g/mol. The number of aliphatic hydroxyl groups excluding tert-OH is 1. The van der Waals surface area contributed by atoms with Crippen molar-refractivity contribution in [3.05, 3.63) is 10.9 Å². The Hall–Kier alpha value is -2.19. The number of carbonyl (C=O) groups excluding carboxylic acids is 1. The maximum Gasteiger partial charge on any atom is 0.419 e. The van der Waals surface area contributed by atoms with Gasteiger partial charge < -0.3 is 20.1 Å². The van der Waals surface area contributed by atoms with Crippen molar-refractivity contribution in [1.82, 2.24) is 14.9 Å². The summed E-state index contributed by atoms with van der Waals surface area (Å²) in [5, 5.41) is 12.3. The fourth-order valence-corrected chi connectivity index (χ4v) is 4.83. The Morgan fingerprint density at radius 2 is 1.88 bits per heavy atom. The molecular weight excluding hydrogens is 485 g/mol. The van der Waals surface area contributed by atoms with Crippen molar-refractivity contribution in [3.8, 4) is 0 Å². The summed E-state index contributed by atoms with van der Waals surface area (Å²) >= 11 is 0.553. The van der Waals surface area contributed by atoms with Gasteiger partial charge in [0.05, 0.1) is 5.39 Å². The van der Waals surface area contributed by atoms with Crippen molar-refractivity contribution < 1.29 is 36.2 Å². The molecule has 0 saturated carbocycles. The summed E-state index contributed by atoms with van der Waals surface area (Å²) in [5.74, 6) is 0.0630. The van der Waals surface area contributed by atoms with E-state index in [9.17, 15) is 31.5 Å². The molecule has 1 amide bonds. The molecule has 2 aromatic rings. The van der Waals surface area contributed by atoms with Crippen LogP contribution in [0.4, 0.5) is 23.8 Å². The zero-order valence-corrected chi connectivity index (χ0v) is 20.1. The Labute approximate surface area is 192 Å². The van der Waals surface area contributed by atoms with Gasteiger partial charge in [-0.3, -0.25) is 0 Å². The SMILES string of the molecule is CC(C)(C)OC(=O)N1CCC(Nc2nc(S(C)(=O)=O)nc3sc(C(O)C(F)(F)F)cc23)CC1. The van der Waals surface area contributed by atoms with Gasteiger partial charge in [-0.15, -0.1) is 11.3 Å². The summed E-state index contributed by atoms with van der Waals surface area (Å²) in [6.07, 6.45) is -6.16. The molecule has 184 valence electrons. The molecule has 33 heavy (non-hydrogen) atoms. The Morgan fingerprint density at radius 3 is 2.39 bits per heavy atom. The second-order valence-corrected chi connectivity index (χ2v) is 11.8. The van der Waals surface area contributed by atoms with Gasteiger partial charge in [0, 0.05) is 30.3 Å². The molecule has 14 heteroatoms.